The molecule has 0 saturated carbocycles. The van der Waals surface area contributed by atoms with E-state index in [9.17, 15) is 33.7 Å². The summed E-state index contributed by atoms with van der Waals surface area (Å²) in [6, 6.07) is 26.7. The van der Waals surface area contributed by atoms with Crippen LogP contribution in [0.15, 0.2) is 121 Å². The highest BCUT2D eigenvalue weighted by Gasteiger charge is 2.58. The number of carboxylic acids is 1. The van der Waals surface area contributed by atoms with Crippen LogP contribution in [0, 0.1) is 29.1 Å². The molecule has 0 bridgehead atoms. The zero-order valence-corrected chi connectivity index (χ0v) is 43.2. The monoisotopic (exact) mass is 1140 g/mol. The van der Waals surface area contributed by atoms with Crippen molar-refractivity contribution in [2.75, 3.05) is 26.4 Å². The molecule has 0 aromatic heterocycles. The van der Waals surface area contributed by atoms with Crippen LogP contribution in [0.2, 0.25) is 0 Å². The molecule has 0 radical (unpaired) electrons. The third-order valence-corrected chi connectivity index (χ3v) is 14.1. The topological polar surface area (TPSA) is 227 Å². The summed E-state index contributed by atoms with van der Waals surface area (Å²) < 4.78 is 157. The van der Waals surface area contributed by atoms with E-state index in [0.29, 0.717) is 11.1 Å². The average Bonchev–Trinajstić information content (AvgIpc) is 3.64. The van der Waals surface area contributed by atoms with Gasteiger partial charge < -0.3 is 82.2 Å². The van der Waals surface area contributed by atoms with Crippen molar-refractivity contribution in [1.29, 1.82) is 0 Å². The van der Waals surface area contributed by atoms with Crippen LogP contribution >= 0.6 is 0 Å². The number of benzene rings is 5. The molecule has 5 heterocycles. The molecule has 0 aliphatic carbocycles. The Bertz CT molecular complexity index is 2910. The number of ether oxygens (including phenoxy) is 13. The molecule has 17 atom stereocenters. The van der Waals surface area contributed by atoms with Gasteiger partial charge in [-0.25, -0.2) is 26.7 Å². The minimum Gasteiger partial charge on any atom is -0.480 e. The molecular weight excluding hydrogens is 1080 g/mol. The van der Waals surface area contributed by atoms with Crippen molar-refractivity contribution in [1.82, 2.24) is 5.32 Å². The number of amides is 1. The van der Waals surface area contributed by atoms with Gasteiger partial charge in [-0.1, -0.05) is 78.9 Å². The SMILES string of the molecule is CC(=O)N[C@H]1[C@@H](OCC(=O)O)O[C@H](COCc2ccc(F)cc2)[C@@H](O[C@@H]2O[C@@H]3CO[C@H](c4ccccc4F)O[C@@H]3[C@H](O[C@H]3O[C@@H]4CO[C@H](c5cccc(F)c5)O[C@@H]4[C@H](OCc4ccccc4F)[C@H]3OCc3ccccc3F)[C@H]2O)[C@@H]1O. The summed E-state index contributed by atoms with van der Waals surface area (Å²) in [4.78, 5) is 24.3. The highest BCUT2D eigenvalue weighted by atomic mass is 19.1. The van der Waals surface area contributed by atoms with Crippen LogP contribution in [0.4, 0.5) is 22.0 Å². The van der Waals surface area contributed by atoms with Crippen LogP contribution in [0.3, 0.4) is 0 Å². The zero-order valence-electron chi connectivity index (χ0n) is 43.2. The number of carbonyl (C=O) groups is 2. The third kappa shape index (κ3) is 14.0. The minimum atomic E-state index is -1.98. The van der Waals surface area contributed by atoms with Crippen LogP contribution in [-0.4, -0.2) is 146 Å². The summed E-state index contributed by atoms with van der Waals surface area (Å²) in [5.41, 5.74) is 1.04. The average molecular weight is 1140 g/mol. The normalized spacial score (nSPS) is 32.1. The van der Waals surface area contributed by atoms with E-state index >= 15 is 13.2 Å². The van der Waals surface area contributed by atoms with Crippen LogP contribution in [0.25, 0.3) is 0 Å². The van der Waals surface area contributed by atoms with Gasteiger partial charge in [0.05, 0.1) is 39.6 Å². The molecule has 5 aromatic carbocycles. The first kappa shape index (κ1) is 58.3. The van der Waals surface area contributed by atoms with Gasteiger partial charge in [-0.3, -0.25) is 4.79 Å². The van der Waals surface area contributed by atoms with Crippen LogP contribution < -0.4 is 5.32 Å². The second-order valence-electron chi connectivity index (χ2n) is 19.7. The van der Waals surface area contributed by atoms with Gasteiger partial charge in [0, 0.05) is 29.2 Å². The Balaban J connectivity index is 1.00. The molecule has 81 heavy (non-hydrogen) atoms. The summed E-state index contributed by atoms with van der Waals surface area (Å²) in [5, 5.41) is 36.9. The van der Waals surface area contributed by atoms with E-state index in [0.717, 1.165) is 6.92 Å². The van der Waals surface area contributed by atoms with Crippen molar-refractivity contribution >= 4 is 11.9 Å². The van der Waals surface area contributed by atoms with Gasteiger partial charge >= 0.3 is 5.97 Å². The standard InChI is InChI=1S/C57H58F5NO18/c1-29(64)63-44-45(67)47(40(75-55(44)74-28-43(65)66)25-69-22-30-17-19-34(58)20-18-30)78-56-46(68)50(48-41(76-56)27-73-54(80-48)36-13-4-7-16-39(36)62)81-57-52(71-24-33-10-3-6-15-38(33)61)51(70-23-32-9-2-5-14-37(32)60)49-42(77-57)26-72-53(79-49)31-11-8-12-35(59)21-31/h2-21,40-42,44-57,67-68H,22-28H2,1H3,(H,63,64)(H,65,66)/t40-,41-,42-,44-,45-,46-,47-,48+,49+,50-,51+,52-,53+,54+,55+,56+,57-/m1/s1. The van der Waals surface area contributed by atoms with E-state index in [1.807, 2.05) is 0 Å². The van der Waals surface area contributed by atoms with Crippen molar-refractivity contribution in [3.8, 4) is 0 Å². The number of aliphatic carboxylic acids is 1. The Morgan fingerprint density at radius 3 is 1.84 bits per heavy atom. The molecule has 434 valence electrons. The van der Waals surface area contributed by atoms with E-state index in [4.69, 9.17) is 61.6 Å². The lowest BCUT2D eigenvalue weighted by Gasteiger charge is -2.53. The molecule has 1 amide bonds. The lowest BCUT2D eigenvalue weighted by molar-refractivity contribution is -0.416. The second-order valence-corrected chi connectivity index (χ2v) is 19.7. The van der Waals surface area contributed by atoms with Crippen LogP contribution in [-0.2, 0) is 91.0 Å². The lowest BCUT2D eigenvalue weighted by Crippen LogP contribution is -2.69. The number of carbonyl (C=O) groups excluding carboxylic acids is 1. The predicted molar refractivity (Wildman–Crippen MR) is 265 cm³/mol. The van der Waals surface area contributed by atoms with Crippen LogP contribution in [0.1, 0.15) is 47.3 Å². The molecule has 4 N–H and O–H groups in total. The van der Waals surface area contributed by atoms with Gasteiger partial charge in [0.1, 0.15) is 109 Å². The van der Waals surface area contributed by atoms with E-state index in [-0.39, 0.29) is 43.1 Å². The molecule has 5 saturated heterocycles. The maximum Gasteiger partial charge on any atom is 0.329 e. The number of hydrogen-bond acceptors (Lipinski definition) is 17. The van der Waals surface area contributed by atoms with E-state index in [1.165, 1.54) is 97.1 Å². The Morgan fingerprint density at radius 1 is 0.580 bits per heavy atom. The molecule has 24 heteroatoms. The second kappa shape index (κ2) is 26.6. The van der Waals surface area contributed by atoms with Gasteiger partial charge in [0.15, 0.2) is 31.5 Å². The number of carboxylic acid groups (broad SMARTS) is 1. The molecular formula is C57H58F5NO18. The van der Waals surface area contributed by atoms with E-state index in [1.54, 1.807) is 24.3 Å². The molecule has 5 fully saturated rings. The molecule has 5 aliphatic heterocycles. The smallest absolute Gasteiger partial charge is 0.329 e. The number of rotatable bonds is 20. The van der Waals surface area contributed by atoms with Gasteiger partial charge in [-0.15, -0.1) is 0 Å². The molecule has 5 aliphatic rings. The van der Waals surface area contributed by atoms with Crippen molar-refractivity contribution in [3.05, 3.63) is 178 Å². The van der Waals surface area contributed by atoms with E-state index < -0.39 is 165 Å². The summed E-state index contributed by atoms with van der Waals surface area (Å²) in [7, 11) is 0. The van der Waals surface area contributed by atoms with Crippen molar-refractivity contribution in [2.24, 2.45) is 0 Å². The Hall–Kier alpha value is -5.91. The zero-order chi connectivity index (χ0) is 56.7. The number of hydrogen-bond donors (Lipinski definition) is 4. The number of nitrogens with one attached hydrogen (secondary N) is 1. The van der Waals surface area contributed by atoms with Gasteiger partial charge in [-0.2, -0.15) is 0 Å². The number of halogens is 5. The maximum absolute atomic E-state index is 15.5. The van der Waals surface area contributed by atoms with E-state index in [2.05, 4.69) is 5.32 Å². The van der Waals surface area contributed by atoms with Gasteiger partial charge in [0.2, 0.25) is 5.91 Å². The maximum atomic E-state index is 15.5. The van der Waals surface area contributed by atoms with Crippen molar-refractivity contribution in [3.63, 3.8) is 0 Å². The minimum absolute atomic E-state index is 0.0222. The fourth-order valence-electron chi connectivity index (χ4n) is 10.2. The molecule has 0 unspecified atom stereocenters. The number of aliphatic hydroxyl groups is 2. The van der Waals surface area contributed by atoms with Gasteiger partial charge in [0.25, 0.3) is 0 Å². The summed E-state index contributed by atoms with van der Waals surface area (Å²) >= 11 is 0. The Labute approximate surface area is 460 Å². The fraction of sp³-hybridized carbons (Fsp3) is 0.439. The van der Waals surface area contributed by atoms with Gasteiger partial charge in [-0.05, 0) is 48.0 Å². The summed E-state index contributed by atoms with van der Waals surface area (Å²) in [6.07, 6.45) is -23.9. The molecule has 0 spiro atoms. The number of fused-ring (bicyclic) bond motifs is 2. The predicted octanol–water partition coefficient (Wildman–Crippen LogP) is 5.57. The number of aliphatic hydroxyl groups excluding tert-OH is 2. The quantitative estimate of drug-likeness (QED) is 0.0699. The highest BCUT2D eigenvalue weighted by molar-refractivity contribution is 5.73. The fourth-order valence-corrected chi connectivity index (χ4v) is 10.2. The van der Waals surface area contributed by atoms with Crippen molar-refractivity contribution < 1.29 is 108 Å². The molecule has 10 rings (SSSR count). The Morgan fingerprint density at radius 2 is 1.19 bits per heavy atom. The first-order chi connectivity index (χ1) is 39.2. The van der Waals surface area contributed by atoms with Crippen LogP contribution in [0.5, 0.6) is 0 Å². The third-order valence-electron chi connectivity index (χ3n) is 14.1. The first-order valence-corrected chi connectivity index (χ1v) is 26.0. The highest BCUT2D eigenvalue weighted by Crippen LogP contribution is 2.42. The van der Waals surface area contributed by atoms with Crippen molar-refractivity contribution in [2.45, 2.75) is 131 Å². The largest absolute Gasteiger partial charge is 0.480 e. The Kier molecular flexibility index (Phi) is 19.1. The molecule has 5 aromatic rings. The lowest BCUT2D eigenvalue weighted by atomic mass is 9.94. The molecule has 19 nitrogen and oxygen atoms in total. The summed E-state index contributed by atoms with van der Waals surface area (Å²) in [6.45, 7) is -1.73. The summed E-state index contributed by atoms with van der Waals surface area (Å²) in [5.74, 6) is -5.08. The first-order valence-electron chi connectivity index (χ1n) is 26.0.